The molecule has 0 aliphatic heterocycles. The van der Waals surface area contributed by atoms with Crippen molar-refractivity contribution in [3.05, 3.63) is 10.6 Å². The van der Waals surface area contributed by atoms with E-state index < -0.39 is 6.04 Å². The van der Waals surface area contributed by atoms with Gasteiger partial charge in [-0.25, -0.2) is 0 Å². The highest BCUT2D eigenvalue weighted by molar-refractivity contribution is 7.98. The van der Waals surface area contributed by atoms with E-state index in [4.69, 9.17) is 23.2 Å². The summed E-state index contributed by atoms with van der Waals surface area (Å²) in [5, 5.41) is 2.94. The van der Waals surface area contributed by atoms with Gasteiger partial charge in [-0.15, -0.1) is 0 Å². The number of nitrogens with one attached hydrogen (secondary N) is 2. The van der Waals surface area contributed by atoms with Gasteiger partial charge in [-0.1, -0.05) is 29.3 Å². The maximum Gasteiger partial charge on any atom is 0.252 e. The summed E-state index contributed by atoms with van der Waals surface area (Å²) in [6, 6.07) is -0.628. The zero-order valence-corrected chi connectivity index (χ0v) is 10.7. The third-order valence-electron chi connectivity index (χ3n) is 1.94. The molecule has 1 fully saturated rings. The van der Waals surface area contributed by atoms with Gasteiger partial charge in [0.2, 0.25) is 6.41 Å². The van der Waals surface area contributed by atoms with Crippen molar-refractivity contribution in [3.63, 3.8) is 0 Å². The Morgan fingerprint density at radius 3 is 2.69 bits per heavy atom. The Labute approximate surface area is 108 Å². The van der Waals surface area contributed by atoms with Gasteiger partial charge in [-0.2, -0.15) is 0 Å². The first-order valence-corrected chi connectivity index (χ1v) is 6.43. The molecule has 2 N–H and O–H groups in total. The molecule has 16 heavy (non-hydrogen) atoms. The molecule has 0 bridgehead atoms. The van der Waals surface area contributed by atoms with Gasteiger partial charge < -0.3 is 5.32 Å². The van der Waals surface area contributed by atoms with Crippen LogP contribution in [0.1, 0.15) is 19.3 Å². The predicted octanol–water partition coefficient (Wildman–Crippen LogP) is 1.74. The molecule has 1 unspecified atom stereocenters. The molecule has 4 nitrogen and oxygen atoms in total. The summed E-state index contributed by atoms with van der Waals surface area (Å²) < 4.78 is 2.78. The monoisotopic (exact) mass is 282 g/mol. The molecule has 2 amide bonds. The van der Waals surface area contributed by atoms with E-state index in [1.807, 2.05) is 0 Å². The van der Waals surface area contributed by atoms with Crippen LogP contribution < -0.4 is 10.0 Å². The van der Waals surface area contributed by atoms with Gasteiger partial charge in [-0.05, 0) is 31.2 Å². The summed E-state index contributed by atoms with van der Waals surface area (Å²) in [5.74, 6) is -0.241. The van der Waals surface area contributed by atoms with Gasteiger partial charge in [0.25, 0.3) is 5.91 Å². The molecule has 7 heteroatoms. The molecule has 1 aliphatic rings. The fraction of sp³-hybridized carbons (Fsp3) is 0.556. The third kappa shape index (κ3) is 5.63. The normalized spacial score (nSPS) is 16.1. The summed E-state index contributed by atoms with van der Waals surface area (Å²) >= 11 is 12.3. The van der Waals surface area contributed by atoms with Crippen molar-refractivity contribution in [1.82, 2.24) is 10.0 Å². The first-order valence-electron chi connectivity index (χ1n) is 4.80. The van der Waals surface area contributed by atoms with Crippen LogP contribution in [0.25, 0.3) is 0 Å². The van der Waals surface area contributed by atoms with Crippen LogP contribution in [-0.2, 0) is 9.59 Å². The van der Waals surface area contributed by atoms with Crippen LogP contribution in [0.2, 0.25) is 0 Å². The Hall–Kier alpha value is -0.390. The van der Waals surface area contributed by atoms with E-state index in [0.717, 1.165) is 12.8 Å². The van der Waals surface area contributed by atoms with Crippen LogP contribution in [0.5, 0.6) is 0 Å². The molecule has 0 heterocycles. The Bertz CT molecular complexity index is 291. The van der Waals surface area contributed by atoms with Crippen LogP contribution in [0, 0.1) is 0 Å². The minimum atomic E-state index is -0.628. The maximum absolute atomic E-state index is 11.6. The molecule has 0 spiro atoms. The molecule has 1 saturated carbocycles. The fourth-order valence-corrected chi connectivity index (χ4v) is 1.91. The molecular weight excluding hydrogens is 271 g/mol. The molecule has 1 atom stereocenters. The molecule has 0 aromatic heterocycles. The van der Waals surface area contributed by atoms with Crippen molar-refractivity contribution in [2.24, 2.45) is 0 Å². The van der Waals surface area contributed by atoms with Crippen LogP contribution >= 0.6 is 35.1 Å². The minimum absolute atomic E-state index is 0.0837. The van der Waals surface area contributed by atoms with E-state index in [2.05, 4.69) is 10.0 Å². The minimum Gasteiger partial charge on any atom is -0.347 e. The van der Waals surface area contributed by atoms with Crippen molar-refractivity contribution in [2.45, 2.75) is 30.6 Å². The van der Waals surface area contributed by atoms with Crippen molar-refractivity contribution in [2.75, 3.05) is 0 Å². The highest BCUT2D eigenvalue weighted by Gasteiger charge is 2.25. The average Bonchev–Trinajstić information content (AvgIpc) is 3.04. The van der Waals surface area contributed by atoms with Crippen molar-refractivity contribution in [3.8, 4) is 0 Å². The van der Waals surface area contributed by atoms with Crippen molar-refractivity contribution in [1.29, 1.82) is 0 Å². The summed E-state index contributed by atoms with van der Waals surface area (Å²) in [4.78, 5) is 21.9. The lowest BCUT2D eigenvalue weighted by molar-refractivity contribution is -0.123. The molecule has 1 aliphatic carbocycles. The molecule has 0 aromatic rings. The Morgan fingerprint density at radius 2 is 2.19 bits per heavy atom. The second kappa shape index (κ2) is 7.04. The highest BCUT2D eigenvalue weighted by Crippen LogP contribution is 2.31. The molecule has 0 saturated heterocycles. The summed E-state index contributed by atoms with van der Waals surface area (Å²) in [5.41, 5.74) is 0. The number of amides is 2. The fourth-order valence-electron chi connectivity index (χ4n) is 0.938. The lowest BCUT2D eigenvalue weighted by Gasteiger charge is -2.13. The average molecular weight is 283 g/mol. The summed E-state index contributed by atoms with van der Waals surface area (Å²) in [6.07, 6.45) is 4.50. The first-order chi connectivity index (χ1) is 7.63. The standard InChI is InChI=1S/C9H12Cl2N2O2S/c10-8(11)4-3-7(12-5-14)9(15)13-16-6-1-2-6/h4-7H,1-3H2,(H,12,14)(H,13,15). The lowest BCUT2D eigenvalue weighted by atomic mass is 10.2. The van der Waals surface area contributed by atoms with E-state index in [9.17, 15) is 9.59 Å². The van der Waals surface area contributed by atoms with Crippen molar-refractivity contribution < 1.29 is 9.59 Å². The van der Waals surface area contributed by atoms with Crippen LogP contribution in [0.3, 0.4) is 0 Å². The third-order valence-corrected chi connectivity index (χ3v) is 3.38. The maximum atomic E-state index is 11.6. The molecule has 1 rings (SSSR count). The number of hydrogen-bond acceptors (Lipinski definition) is 3. The lowest BCUT2D eigenvalue weighted by Crippen LogP contribution is -2.41. The highest BCUT2D eigenvalue weighted by atomic mass is 35.5. The number of rotatable bonds is 7. The topological polar surface area (TPSA) is 58.2 Å². The largest absolute Gasteiger partial charge is 0.347 e. The van der Waals surface area contributed by atoms with Crippen LogP contribution in [0.4, 0.5) is 0 Å². The smallest absolute Gasteiger partial charge is 0.252 e. The number of halogens is 2. The van der Waals surface area contributed by atoms with E-state index >= 15 is 0 Å². The number of carbonyl (C=O) groups is 2. The van der Waals surface area contributed by atoms with E-state index in [1.54, 1.807) is 0 Å². The number of hydrogen-bond donors (Lipinski definition) is 2. The van der Waals surface area contributed by atoms with E-state index in [1.165, 1.54) is 18.0 Å². The Kier molecular flexibility index (Phi) is 6.01. The van der Waals surface area contributed by atoms with Crippen LogP contribution in [-0.4, -0.2) is 23.6 Å². The summed E-state index contributed by atoms with van der Waals surface area (Å²) in [6.45, 7) is 0. The van der Waals surface area contributed by atoms with Gasteiger partial charge in [0.15, 0.2) is 0 Å². The van der Waals surface area contributed by atoms with Gasteiger partial charge in [0.05, 0.1) is 0 Å². The van der Waals surface area contributed by atoms with E-state index in [0.29, 0.717) is 11.7 Å². The molecular formula is C9H12Cl2N2O2S. The SMILES string of the molecule is O=CNC(CC=C(Cl)Cl)C(=O)NSC1CC1. The second-order valence-electron chi connectivity index (χ2n) is 3.35. The second-order valence-corrected chi connectivity index (χ2v) is 5.46. The van der Waals surface area contributed by atoms with Gasteiger partial charge >= 0.3 is 0 Å². The molecule has 0 aromatic carbocycles. The molecule has 0 radical (unpaired) electrons. The van der Waals surface area contributed by atoms with Crippen molar-refractivity contribution >= 4 is 47.5 Å². The number of carbonyl (C=O) groups excluding carboxylic acids is 2. The Balaban J connectivity index is 2.36. The van der Waals surface area contributed by atoms with Crippen LogP contribution in [0.15, 0.2) is 10.6 Å². The zero-order valence-electron chi connectivity index (χ0n) is 8.41. The quantitative estimate of drug-likeness (QED) is 0.552. The van der Waals surface area contributed by atoms with Gasteiger partial charge in [0.1, 0.15) is 10.5 Å². The first kappa shape index (κ1) is 13.7. The van der Waals surface area contributed by atoms with Gasteiger partial charge in [-0.3, -0.25) is 14.3 Å². The van der Waals surface area contributed by atoms with Gasteiger partial charge in [0, 0.05) is 5.25 Å². The zero-order chi connectivity index (χ0) is 12.0. The predicted molar refractivity (Wildman–Crippen MR) is 66.1 cm³/mol. The Morgan fingerprint density at radius 1 is 1.50 bits per heavy atom. The summed E-state index contributed by atoms with van der Waals surface area (Å²) in [7, 11) is 0. The molecule has 90 valence electrons. The van der Waals surface area contributed by atoms with E-state index in [-0.39, 0.29) is 16.8 Å².